The van der Waals surface area contributed by atoms with Crippen molar-refractivity contribution in [2.24, 2.45) is 0 Å². The molecule has 6 nitrogen and oxygen atoms in total. The van der Waals surface area contributed by atoms with Crippen molar-refractivity contribution in [2.75, 3.05) is 16.9 Å². The van der Waals surface area contributed by atoms with Gasteiger partial charge in [0.1, 0.15) is 0 Å². The second kappa shape index (κ2) is 10.2. The van der Waals surface area contributed by atoms with Crippen LogP contribution < -0.4 is 4.90 Å². The number of rotatable bonds is 8. The first-order valence-electron chi connectivity index (χ1n) is 9.98. The van der Waals surface area contributed by atoms with E-state index in [1.54, 1.807) is 41.2 Å². The van der Waals surface area contributed by atoms with E-state index in [0.717, 1.165) is 10.5 Å². The molecule has 4 rings (SSSR count). The van der Waals surface area contributed by atoms with Crippen molar-refractivity contribution in [3.8, 4) is 0 Å². The van der Waals surface area contributed by atoms with Crippen molar-refractivity contribution in [1.82, 2.24) is 9.97 Å². The lowest BCUT2D eigenvalue weighted by Gasteiger charge is -2.20. The molecular weight excluding hydrogens is 498 g/mol. The van der Waals surface area contributed by atoms with Crippen molar-refractivity contribution in [3.05, 3.63) is 77.6 Å². The van der Waals surface area contributed by atoms with Crippen LogP contribution in [0.2, 0.25) is 5.02 Å². The van der Waals surface area contributed by atoms with Crippen LogP contribution in [-0.4, -0.2) is 36.3 Å². The van der Waals surface area contributed by atoms with Gasteiger partial charge in [-0.1, -0.05) is 29.0 Å². The molecule has 0 spiro atoms. The molecule has 0 aliphatic rings. The Labute approximate surface area is 205 Å². The average molecular weight is 518 g/mol. The third kappa shape index (κ3) is 6.11. The van der Waals surface area contributed by atoms with E-state index in [4.69, 9.17) is 11.6 Å². The third-order valence-corrected chi connectivity index (χ3v) is 8.19. The number of amides is 1. The van der Waals surface area contributed by atoms with Gasteiger partial charge in [-0.25, -0.2) is 13.4 Å². The van der Waals surface area contributed by atoms with E-state index in [9.17, 15) is 13.2 Å². The minimum Gasteiger partial charge on any atom is -0.284 e. The molecule has 0 radical (unpaired) electrons. The van der Waals surface area contributed by atoms with Crippen LogP contribution in [-0.2, 0) is 21.2 Å². The summed E-state index contributed by atoms with van der Waals surface area (Å²) in [6.45, 7) is 0.330. The highest BCUT2D eigenvalue weighted by molar-refractivity contribution is 7.99. The number of carbonyl (C=O) groups excluding carboxylic acids is 1. The minimum absolute atomic E-state index is 0.0669. The number of aromatic nitrogens is 2. The maximum atomic E-state index is 13.2. The summed E-state index contributed by atoms with van der Waals surface area (Å²) < 4.78 is 24.6. The smallest absolute Gasteiger partial charge is 0.229 e. The maximum absolute atomic E-state index is 13.2. The molecule has 0 aliphatic heterocycles. The van der Waals surface area contributed by atoms with Gasteiger partial charge < -0.3 is 0 Å². The first kappa shape index (κ1) is 23.7. The van der Waals surface area contributed by atoms with Gasteiger partial charge in [-0.15, -0.1) is 11.8 Å². The average Bonchev–Trinajstić information content (AvgIpc) is 3.22. The molecule has 4 aromatic rings. The zero-order chi connectivity index (χ0) is 23.4. The molecule has 0 saturated carbocycles. The van der Waals surface area contributed by atoms with Gasteiger partial charge in [-0.05, 0) is 54.1 Å². The molecule has 2 heterocycles. The van der Waals surface area contributed by atoms with Gasteiger partial charge in [-0.3, -0.25) is 14.7 Å². The summed E-state index contributed by atoms with van der Waals surface area (Å²) >= 11 is 8.82. The van der Waals surface area contributed by atoms with E-state index in [-0.39, 0.29) is 10.8 Å². The van der Waals surface area contributed by atoms with E-state index in [2.05, 4.69) is 9.97 Å². The van der Waals surface area contributed by atoms with Gasteiger partial charge in [-0.2, -0.15) is 0 Å². The van der Waals surface area contributed by atoms with Crippen molar-refractivity contribution < 1.29 is 13.2 Å². The highest BCUT2D eigenvalue weighted by Gasteiger charge is 2.21. The van der Waals surface area contributed by atoms with Gasteiger partial charge in [0.2, 0.25) is 5.91 Å². The van der Waals surface area contributed by atoms with E-state index >= 15 is 0 Å². The van der Waals surface area contributed by atoms with Crippen LogP contribution >= 0.6 is 34.7 Å². The lowest BCUT2D eigenvalue weighted by molar-refractivity contribution is -0.118. The maximum Gasteiger partial charge on any atom is 0.229 e. The fourth-order valence-corrected chi connectivity index (χ4v) is 5.81. The normalized spacial score (nSPS) is 11.6. The fourth-order valence-electron chi connectivity index (χ4n) is 3.10. The molecule has 0 bridgehead atoms. The van der Waals surface area contributed by atoms with Crippen molar-refractivity contribution >= 4 is 65.8 Å². The molecule has 0 unspecified atom stereocenters. The second-order valence-corrected chi connectivity index (χ2v) is 11.9. The number of fused-ring (bicyclic) bond motifs is 1. The molecule has 0 fully saturated rings. The predicted molar refractivity (Wildman–Crippen MR) is 135 cm³/mol. The van der Waals surface area contributed by atoms with E-state index in [1.807, 2.05) is 36.4 Å². The number of pyridine rings is 1. The molecule has 170 valence electrons. The summed E-state index contributed by atoms with van der Waals surface area (Å²) in [4.78, 5) is 24.9. The largest absolute Gasteiger partial charge is 0.284 e. The molecule has 0 N–H and O–H groups in total. The Bertz CT molecular complexity index is 1370. The Morgan fingerprint density at radius 3 is 2.64 bits per heavy atom. The quantitative estimate of drug-likeness (QED) is 0.288. The zero-order valence-corrected chi connectivity index (χ0v) is 20.8. The lowest BCUT2D eigenvalue weighted by Crippen LogP contribution is -2.30. The summed E-state index contributed by atoms with van der Waals surface area (Å²) in [5, 5.41) is 1.20. The molecular formula is C23H20ClN3O3S3. The SMILES string of the molecule is CS(=O)(=O)c1ccc2nc(N(Cc3cccnc3)C(=O)CCSc3ccc(Cl)cc3)sc2c1. The van der Waals surface area contributed by atoms with Crippen molar-refractivity contribution in [1.29, 1.82) is 0 Å². The van der Waals surface area contributed by atoms with Crippen LogP contribution in [0.15, 0.2) is 76.8 Å². The first-order valence-corrected chi connectivity index (χ1v) is 14.0. The Kier molecular flexibility index (Phi) is 7.33. The number of thioether (sulfide) groups is 1. The van der Waals surface area contributed by atoms with E-state index < -0.39 is 9.84 Å². The Hall–Kier alpha value is -2.46. The highest BCUT2D eigenvalue weighted by atomic mass is 35.5. The van der Waals surface area contributed by atoms with Gasteiger partial charge in [0.25, 0.3) is 0 Å². The molecule has 10 heteroatoms. The third-order valence-electron chi connectivity index (χ3n) is 4.77. The molecule has 0 saturated heterocycles. The zero-order valence-electron chi connectivity index (χ0n) is 17.6. The number of anilines is 1. The summed E-state index contributed by atoms with van der Waals surface area (Å²) in [6, 6.07) is 16.1. The summed E-state index contributed by atoms with van der Waals surface area (Å²) in [6.07, 6.45) is 4.89. The van der Waals surface area contributed by atoms with E-state index in [1.165, 1.54) is 23.7 Å². The summed E-state index contributed by atoms with van der Waals surface area (Å²) in [5.41, 5.74) is 1.54. The molecule has 2 aromatic heterocycles. The first-order chi connectivity index (χ1) is 15.8. The number of hydrogen-bond acceptors (Lipinski definition) is 7. The van der Waals surface area contributed by atoms with Gasteiger partial charge >= 0.3 is 0 Å². The number of nitrogens with zero attached hydrogens (tertiary/aromatic N) is 3. The van der Waals surface area contributed by atoms with Gasteiger partial charge in [0.15, 0.2) is 15.0 Å². The summed E-state index contributed by atoms with van der Waals surface area (Å²) in [7, 11) is -3.33. The predicted octanol–water partition coefficient (Wildman–Crippen LogP) is 5.46. The Morgan fingerprint density at radius 2 is 1.94 bits per heavy atom. The van der Waals surface area contributed by atoms with E-state index in [0.29, 0.717) is 39.1 Å². The number of benzene rings is 2. The van der Waals surface area contributed by atoms with Gasteiger partial charge in [0.05, 0.1) is 21.7 Å². The summed E-state index contributed by atoms with van der Waals surface area (Å²) in [5.74, 6) is 0.537. The van der Waals surface area contributed by atoms with Crippen LogP contribution in [0.4, 0.5) is 5.13 Å². The Morgan fingerprint density at radius 1 is 1.15 bits per heavy atom. The van der Waals surface area contributed by atoms with Crippen LogP contribution in [0, 0.1) is 0 Å². The molecule has 0 aliphatic carbocycles. The molecule has 0 atom stereocenters. The van der Waals surface area contributed by atoms with Crippen molar-refractivity contribution in [3.63, 3.8) is 0 Å². The van der Waals surface area contributed by atoms with Crippen LogP contribution in [0.1, 0.15) is 12.0 Å². The fraction of sp³-hybridized carbons (Fsp3) is 0.174. The lowest BCUT2D eigenvalue weighted by atomic mass is 10.2. The molecule has 2 aromatic carbocycles. The van der Waals surface area contributed by atoms with Gasteiger partial charge in [0, 0.05) is 40.7 Å². The number of halogens is 1. The van der Waals surface area contributed by atoms with Crippen LogP contribution in [0.3, 0.4) is 0 Å². The Balaban J connectivity index is 1.57. The second-order valence-electron chi connectivity index (χ2n) is 7.29. The number of hydrogen-bond donors (Lipinski definition) is 0. The topological polar surface area (TPSA) is 80.2 Å². The number of sulfone groups is 1. The van der Waals surface area contributed by atoms with Crippen LogP contribution in [0.25, 0.3) is 10.2 Å². The standard InChI is InChI=1S/C23H20ClN3O3S3/c1-33(29,30)19-8-9-20-21(13-19)32-23(26-20)27(15-16-3-2-11-25-14-16)22(28)10-12-31-18-6-4-17(24)5-7-18/h2-9,11,13-14H,10,12,15H2,1H3. The van der Waals surface area contributed by atoms with Crippen molar-refractivity contribution in [2.45, 2.75) is 22.8 Å². The monoisotopic (exact) mass is 517 g/mol. The molecule has 1 amide bonds. The number of thiazole rings is 1. The van der Waals surface area contributed by atoms with Crippen LogP contribution in [0.5, 0.6) is 0 Å². The minimum atomic E-state index is -3.33. The number of carbonyl (C=O) groups is 1. The highest BCUT2D eigenvalue weighted by Crippen LogP contribution is 2.32. The molecule has 33 heavy (non-hydrogen) atoms.